The van der Waals surface area contributed by atoms with Gasteiger partial charge in [0.1, 0.15) is 0 Å². The molecule has 1 heterocycles. The van der Waals surface area contributed by atoms with Crippen molar-refractivity contribution in [3.63, 3.8) is 0 Å². The lowest BCUT2D eigenvalue weighted by molar-refractivity contribution is -0.141. The van der Waals surface area contributed by atoms with Gasteiger partial charge in [-0.2, -0.15) is 0 Å². The van der Waals surface area contributed by atoms with Crippen LogP contribution in [-0.2, 0) is 22.6 Å². The molecule has 0 N–H and O–H groups in total. The number of hydrogen-bond donors (Lipinski definition) is 0. The Hall–Kier alpha value is -1.50. The number of carbonyl (C=O) groups is 1. The van der Waals surface area contributed by atoms with Gasteiger partial charge in [-0.3, -0.25) is 9.69 Å². The molecule has 0 saturated carbocycles. The van der Waals surface area contributed by atoms with E-state index in [-0.39, 0.29) is 12.5 Å². The standard InChI is InChI=1S/C9H17N5O2/c1-4-5-14-8(10-11-12-14)6-13(2)7-9(15)16-3/h4-7H2,1-3H3. The van der Waals surface area contributed by atoms with E-state index in [1.165, 1.54) is 7.11 Å². The molecule has 7 heteroatoms. The van der Waals surface area contributed by atoms with Crippen molar-refractivity contribution in [3.8, 4) is 0 Å². The smallest absolute Gasteiger partial charge is 0.319 e. The Bertz CT molecular complexity index is 338. The summed E-state index contributed by atoms with van der Waals surface area (Å²) in [6, 6.07) is 0. The zero-order valence-corrected chi connectivity index (χ0v) is 9.88. The van der Waals surface area contributed by atoms with Crippen molar-refractivity contribution in [2.75, 3.05) is 20.7 Å². The summed E-state index contributed by atoms with van der Waals surface area (Å²) < 4.78 is 6.32. The lowest BCUT2D eigenvalue weighted by Gasteiger charge is -2.13. The molecule has 16 heavy (non-hydrogen) atoms. The number of carbonyl (C=O) groups excluding carboxylic acids is 1. The molecule has 1 aromatic rings. The molecule has 90 valence electrons. The van der Waals surface area contributed by atoms with Crippen LogP contribution in [0.25, 0.3) is 0 Å². The average Bonchev–Trinajstić information content (AvgIpc) is 2.66. The van der Waals surface area contributed by atoms with E-state index in [2.05, 4.69) is 27.2 Å². The van der Waals surface area contributed by atoms with E-state index in [0.717, 1.165) is 18.8 Å². The molecule has 0 aliphatic rings. The molecule has 1 aromatic heterocycles. The van der Waals surface area contributed by atoms with Crippen LogP contribution in [0.5, 0.6) is 0 Å². The molecule has 0 radical (unpaired) electrons. The summed E-state index contributed by atoms with van der Waals surface area (Å²) in [5, 5.41) is 11.4. The molecule has 0 bridgehead atoms. The van der Waals surface area contributed by atoms with Gasteiger partial charge in [-0.05, 0) is 23.9 Å². The van der Waals surface area contributed by atoms with Crippen molar-refractivity contribution < 1.29 is 9.53 Å². The van der Waals surface area contributed by atoms with Crippen molar-refractivity contribution in [2.45, 2.75) is 26.4 Å². The van der Waals surface area contributed by atoms with Crippen LogP contribution in [0.1, 0.15) is 19.2 Å². The molecule has 0 aliphatic carbocycles. The summed E-state index contributed by atoms with van der Waals surface area (Å²) in [6.07, 6.45) is 0.971. The van der Waals surface area contributed by atoms with Crippen molar-refractivity contribution >= 4 is 5.97 Å². The molecule has 7 nitrogen and oxygen atoms in total. The van der Waals surface area contributed by atoms with E-state index in [4.69, 9.17) is 0 Å². The minimum absolute atomic E-state index is 0.232. The van der Waals surface area contributed by atoms with Gasteiger partial charge in [0.05, 0.1) is 20.2 Å². The highest BCUT2D eigenvalue weighted by Crippen LogP contribution is 1.99. The predicted molar refractivity (Wildman–Crippen MR) is 56.5 cm³/mol. The maximum Gasteiger partial charge on any atom is 0.319 e. The van der Waals surface area contributed by atoms with Crippen molar-refractivity contribution in [2.24, 2.45) is 0 Å². The van der Waals surface area contributed by atoms with Gasteiger partial charge in [0.25, 0.3) is 0 Å². The third-order valence-electron chi connectivity index (χ3n) is 2.08. The van der Waals surface area contributed by atoms with Gasteiger partial charge in [-0.25, -0.2) is 4.68 Å². The van der Waals surface area contributed by atoms with Crippen LogP contribution >= 0.6 is 0 Å². The first-order valence-corrected chi connectivity index (χ1v) is 5.17. The third kappa shape index (κ3) is 3.58. The highest BCUT2D eigenvalue weighted by atomic mass is 16.5. The molecule has 1 rings (SSSR count). The molecular formula is C9H17N5O2. The van der Waals surface area contributed by atoms with Crippen LogP contribution in [0, 0.1) is 0 Å². The van der Waals surface area contributed by atoms with Crippen molar-refractivity contribution in [1.82, 2.24) is 25.1 Å². The minimum atomic E-state index is -0.267. The summed E-state index contributed by atoms with van der Waals surface area (Å²) in [4.78, 5) is 12.8. The van der Waals surface area contributed by atoms with Crippen molar-refractivity contribution in [1.29, 1.82) is 0 Å². The first-order chi connectivity index (χ1) is 7.67. The SMILES string of the molecule is CCCn1nnnc1CN(C)CC(=O)OC. The lowest BCUT2D eigenvalue weighted by atomic mass is 10.4. The zero-order chi connectivity index (χ0) is 12.0. The first-order valence-electron chi connectivity index (χ1n) is 5.17. The number of likely N-dealkylation sites (N-methyl/N-ethyl adjacent to an activating group) is 1. The number of aromatic nitrogens is 4. The second-order valence-electron chi connectivity index (χ2n) is 3.57. The van der Waals surface area contributed by atoms with Gasteiger partial charge in [-0.1, -0.05) is 6.92 Å². The molecule has 0 fully saturated rings. The van der Waals surface area contributed by atoms with Crippen LogP contribution in [0.4, 0.5) is 0 Å². The zero-order valence-electron chi connectivity index (χ0n) is 9.88. The second-order valence-corrected chi connectivity index (χ2v) is 3.57. The predicted octanol–water partition coefficient (Wildman–Crippen LogP) is -0.312. The number of ether oxygens (including phenoxy) is 1. The van der Waals surface area contributed by atoms with Crippen molar-refractivity contribution in [3.05, 3.63) is 5.82 Å². The summed E-state index contributed by atoms with van der Waals surface area (Å²) in [7, 11) is 3.19. The fraction of sp³-hybridized carbons (Fsp3) is 0.778. The molecule has 0 aromatic carbocycles. The quantitative estimate of drug-likeness (QED) is 0.621. The summed E-state index contributed by atoms with van der Waals surface area (Å²) in [5.74, 6) is 0.491. The Morgan fingerprint density at radius 3 is 2.94 bits per heavy atom. The summed E-state index contributed by atoms with van der Waals surface area (Å²) in [5.41, 5.74) is 0. The van der Waals surface area contributed by atoms with E-state index >= 15 is 0 Å². The van der Waals surface area contributed by atoms with E-state index in [1.807, 2.05) is 11.9 Å². The normalized spacial score (nSPS) is 10.8. The number of esters is 1. The fourth-order valence-electron chi connectivity index (χ4n) is 1.30. The monoisotopic (exact) mass is 227 g/mol. The van der Waals surface area contributed by atoms with E-state index in [0.29, 0.717) is 6.54 Å². The molecule has 0 saturated heterocycles. The number of nitrogens with zero attached hydrogens (tertiary/aromatic N) is 5. The van der Waals surface area contributed by atoms with Gasteiger partial charge in [-0.15, -0.1) is 5.10 Å². The summed E-state index contributed by atoms with van der Waals surface area (Å²) in [6.45, 7) is 3.61. The topological polar surface area (TPSA) is 73.1 Å². The largest absolute Gasteiger partial charge is 0.468 e. The Morgan fingerprint density at radius 2 is 2.31 bits per heavy atom. The third-order valence-corrected chi connectivity index (χ3v) is 2.08. The summed E-state index contributed by atoms with van der Waals surface area (Å²) >= 11 is 0. The highest BCUT2D eigenvalue weighted by molar-refractivity contribution is 5.71. The first kappa shape index (κ1) is 12.6. The number of aryl methyl sites for hydroxylation is 1. The fourth-order valence-corrected chi connectivity index (χ4v) is 1.30. The van der Waals surface area contributed by atoms with Crippen LogP contribution in [-0.4, -0.2) is 51.8 Å². The Morgan fingerprint density at radius 1 is 1.56 bits per heavy atom. The van der Waals surface area contributed by atoms with Gasteiger partial charge < -0.3 is 4.74 Å². The molecule has 0 aliphatic heterocycles. The molecule has 0 amide bonds. The molecular weight excluding hydrogens is 210 g/mol. The van der Waals surface area contributed by atoms with Gasteiger partial charge in [0.15, 0.2) is 5.82 Å². The van der Waals surface area contributed by atoms with Crippen LogP contribution < -0.4 is 0 Å². The Kier molecular flexibility index (Phi) is 4.84. The Labute approximate surface area is 94.4 Å². The Balaban J connectivity index is 2.51. The van der Waals surface area contributed by atoms with Gasteiger partial charge in [0, 0.05) is 6.54 Å². The maximum absolute atomic E-state index is 11.0. The highest BCUT2D eigenvalue weighted by Gasteiger charge is 2.11. The minimum Gasteiger partial charge on any atom is -0.468 e. The maximum atomic E-state index is 11.0. The van der Waals surface area contributed by atoms with Crippen LogP contribution in [0.2, 0.25) is 0 Å². The van der Waals surface area contributed by atoms with E-state index in [1.54, 1.807) is 4.68 Å². The molecule has 0 atom stereocenters. The van der Waals surface area contributed by atoms with Gasteiger partial charge in [0.2, 0.25) is 0 Å². The molecule has 0 spiro atoms. The lowest BCUT2D eigenvalue weighted by Crippen LogP contribution is -2.27. The van der Waals surface area contributed by atoms with Gasteiger partial charge >= 0.3 is 5.97 Å². The van der Waals surface area contributed by atoms with E-state index in [9.17, 15) is 4.79 Å². The number of tetrazole rings is 1. The number of hydrogen-bond acceptors (Lipinski definition) is 6. The number of rotatable bonds is 6. The average molecular weight is 227 g/mol. The second kappa shape index (κ2) is 6.16. The number of methoxy groups -OCH3 is 1. The molecule has 0 unspecified atom stereocenters. The van der Waals surface area contributed by atoms with Crippen LogP contribution in [0.15, 0.2) is 0 Å². The van der Waals surface area contributed by atoms with E-state index < -0.39 is 0 Å². The van der Waals surface area contributed by atoms with Crippen LogP contribution in [0.3, 0.4) is 0 Å².